The average Bonchev–Trinajstić information content (AvgIpc) is 2.51. The Hall–Kier alpha value is -2.90. The molecule has 142 valence electrons. The van der Waals surface area contributed by atoms with E-state index in [4.69, 9.17) is 20.4 Å². The van der Waals surface area contributed by atoms with Crippen LogP contribution < -0.4 is 0 Å². The first-order valence-electron chi connectivity index (χ1n) is 7.89. The molecular weight excluding hydrogens is 344 g/mol. The first kappa shape index (κ1) is 21.1. The summed E-state index contributed by atoms with van der Waals surface area (Å²) in [6, 6.07) is 0. The third-order valence-corrected chi connectivity index (χ3v) is 4.94. The number of hydrogen-bond acceptors (Lipinski definition) is 4. The van der Waals surface area contributed by atoms with Crippen molar-refractivity contribution in [3.63, 3.8) is 0 Å². The Bertz CT molecular complexity index is 656. The van der Waals surface area contributed by atoms with E-state index in [1.54, 1.807) is 27.7 Å². The van der Waals surface area contributed by atoms with Crippen molar-refractivity contribution >= 4 is 23.9 Å². The summed E-state index contributed by atoms with van der Waals surface area (Å²) in [7, 11) is 0. The molecule has 8 nitrogen and oxygen atoms in total. The Balaban J connectivity index is 3.46. The molecule has 0 heterocycles. The lowest BCUT2D eigenvalue weighted by Gasteiger charge is -2.22. The summed E-state index contributed by atoms with van der Waals surface area (Å²) >= 11 is 0. The summed E-state index contributed by atoms with van der Waals surface area (Å²) in [5.74, 6) is -8.94. The van der Waals surface area contributed by atoms with Gasteiger partial charge in [-0.3, -0.25) is 19.2 Å². The monoisotopic (exact) mass is 366 g/mol. The fraction of sp³-hybridized carbons (Fsp3) is 0.444. The smallest absolute Gasteiger partial charge is 0.318 e. The van der Waals surface area contributed by atoms with Crippen molar-refractivity contribution in [3.8, 4) is 0 Å². The summed E-state index contributed by atoms with van der Waals surface area (Å²) in [6.07, 6.45) is -0.406. The second-order valence-electron chi connectivity index (χ2n) is 6.32. The minimum Gasteiger partial charge on any atom is -0.481 e. The van der Waals surface area contributed by atoms with Gasteiger partial charge in [0.2, 0.25) is 0 Å². The number of carboxylic acid groups (broad SMARTS) is 4. The van der Waals surface area contributed by atoms with Gasteiger partial charge in [0.25, 0.3) is 0 Å². The quantitative estimate of drug-likeness (QED) is 0.507. The summed E-state index contributed by atoms with van der Waals surface area (Å²) < 4.78 is 0. The lowest BCUT2D eigenvalue weighted by Crippen LogP contribution is -2.28. The average molecular weight is 366 g/mol. The highest BCUT2D eigenvalue weighted by atomic mass is 16.4. The molecule has 1 aromatic rings. The van der Waals surface area contributed by atoms with Crippen LogP contribution in [0.5, 0.6) is 0 Å². The Morgan fingerprint density at radius 3 is 0.923 bits per heavy atom. The van der Waals surface area contributed by atoms with Crippen LogP contribution in [-0.2, 0) is 32.0 Å². The van der Waals surface area contributed by atoms with Crippen molar-refractivity contribution in [2.24, 2.45) is 11.8 Å². The Morgan fingerprint density at radius 2 is 0.769 bits per heavy atom. The maximum atomic E-state index is 11.2. The molecule has 0 aromatic heterocycles. The molecule has 0 radical (unpaired) electrons. The largest absolute Gasteiger partial charge is 0.481 e. The summed E-state index contributed by atoms with van der Waals surface area (Å²) in [5.41, 5.74) is 3.71. The molecule has 8 heteroatoms. The molecule has 0 aliphatic rings. The molecule has 26 heavy (non-hydrogen) atoms. The van der Waals surface area contributed by atoms with E-state index in [9.17, 15) is 19.2 Å². The van der Waals surface area contributed by atoms with Crippen LogP contribution in [0.25, 0.3) is 0 Å². The van der Waals surface area contributed by atoms with Gasteiger partial charge in [-0.2, -0.15) is 0 Å². The molecule has 0 spiro atoms. The van der Waals surface area contributed by atoms with Crippen LogP contribution in [-0.4, -0.2) is 44.3 Å². The number of benzene rings is 1. The molecule has 0 unspecified atom stereocenters. The topological polar surface area (TPSA) is 149 Å². The van der Waals surface area contributed by atoms with Gasteiger partial charge in [-0.25, -0.2) is 0 Å². The van der Waals surface area contributed by atoms with E-state index in [1.165, 1.54) is 0 Å². The van der Waals surface area contributed by atoms with Crippen molar-refractivity contribution in [3.05, 3.63) is 33.4 Å². The Morgan fingerprint density at radius 1 is 0.577 bits per heavy atom. The van der Waals surface area contributed by atoms with Gasteiger partial charge in [-0.1, -0.05) is 0 Å². The standard InChI is InChI=1S/C18H22O8/c1-7-8(2)12(6-14(17(23)24)18(25)26)10(4)9(3)11(7)5-13(15(19)20)16(21)22/h13-14H,5-6H2,1-4H3,(H,19,20)(H,21,22)(H,23,24)(H,25,26). The van der Waals surface area contributed by atoms with Gasteiger partial charge in [0.1, 0.15) is 0 Å². The van der Waals surface area contributed by atoms with E-state index >= 15 is 0 Å². The van der Waals surface area contributed by atoms with E-state index in [0.717, 1.165) is 0 Å². The lowest BCUT2D eigenvalue weighted by atomic mass is 9.82. The zero-order chi connectivity index (χ0) is 20.3. The third kappa shape index (κ3) is 4.19. The molecule has 4 N–H and O–H groups in total. The SMILES string of the molecule is Cc1c(C)c(CC(C(=O)O)C(=O)O)c(C)c(C)c1CC(C(=O)O)C(=O)O. The molecule has 0 saturated heterocycles. The van der Waals surface area contributed by atoms with E-state index in [2.05, 4.69) is 0 Å². The van der Waals surface area contributed by atoms with Crippen LogP contribution >= 0.6 is 0 Å². The summed E-state index contributed by atoms with van der Waals surface area (Å²) in [6.45, 7) is 6.77. The van der Waals surface area contributed by atoms with Gasteiger partial charge < -0.3 is 20.4 Å². The molecule has 0 aliphatic carbocycles. The van der Waals surface area contributed by atoms with Crippen LogP contribution in [0.1, 0.15) is 33.4 Å². The van der Waals surface area contributed by atoms with Crippen molar-refractivity contribution in [1.82, 2.24) is 0 Å². The third-order valence-electron chi connectivity index (χ3n) is 4.94. The highest BCUT2D eigenvalue weighted by molar-refractivity contribution is 5.94. The maximum Gasteiger partial charge on any atom is 0.318 e. The van der Waals surface area contributed by atoms with Crippen LogP contribution in [0.3, 0.4) is 0 Å². The summed E-state index contributed by atoms with van der Waals surface area (Å²) in [4.78, 5) is 44.8. The molecule has 1 aromatic carbocycles. The van der Waals surface area contributed by atoms with E-state index < -0.39 is 35.7 Å². The van der Waals surface area contributed by atoms with Gasteiger partial charge in [0.15, 0.2) is 11.8 Å². The number of aliphatic carboxylic acids is 4. The predicted octanol–water partition coefficient (Wildman–Crippen LogP) is 1.58. The Labute approximate surface area is 150 Å². The van der Waals surface area contributed by atoms with Crippen LogP contribution in [0.4, 0.5) is 0 Å². The molecule has 0 fully saturated rings. The van der Waals surface area contributed by atoms with E-state index in [0.29, 0.717) is 33.4 Å². The minimum atomic E-state index is -1.59. The lowest BCUT2D eigenvalue weighted by molar-refractivity contribution is -0.156. The zero-order valence-corrected chi connectivity index (χ0v) is 15.0. The molecule has 0 bridgehead atoms. The van der Waals surface area contributed by atoms with Gasteiger partial charge in [0.05, 0.1) is 0 Å². The van der Waals surface area contributed by atoms with Crippen molar-refractivity contribution in [2.75, 3.05) is 0 Å². The van der Waals surface area contributed by atoms with Crippen LogP contribution in [0.15, 0.2) is 0 Å². The molecule has 0 atom stereocenters. The number of carboxylic acids is 4. The molecule has 1 rings (SSSR count). The van der Waals surface area contributed by atoms with Gasteiger partial charge in [-0.05, 0) is 73.9 Å². The number of rotatable bonds is 8. The number of hydrogen-bond donors (Lipinski definition) is 4. The molecular formula is C18H22O8. The van der Waals surface area contributed by atoms with Crippen molar-refractivity contribution < 1.29 is 39.6 Å². The minimum absolute atomic E-state index is 0.203. The first-order chi connectivity index (χ1) is 11.9. The Kier molecular flexibility index (Phi) is 6.49. The number of carbonyl (C=O) groups is 4. The second-order valence-corrected chi connectivity index (χ2v) is 6.32. The molecule has 0 aliphatic heterocycles. The predicted molar refractivity (Wildman–Crippen MR) is 90.3 cm³/mol. The highest BCUT2D eigenvalue weighted by Crippen LogP contribution is 2.30. The zero-order valence-electron chi connectivity index (χ0n) is 15.0. The second kappa shape index (κ2) is 7.99. The van der Waals surface area contributed by atoms with Gasteiger partial charge in [0, 0.05) is 0 Å². The van der Waals surface area contributed by atoms with Gasteiger partial charge >= 0.3 is 23.9 Å². The van der Waals surface area contributed by atoms with E-state index in [1.807, 2.05) is 0 Å². The molecule has 0 saturated carbocycles. The van der Waals surface area contributed by atoms with Gasteiger partial charge in [-0.15, -0.1) is 0 Å². The normalized spacial score (nSPS) is 11.0. The van der Waals surface area contributed by atoms with Crippen molar-refractivity contribution in [2.45, 2.75) is 40.5 Å². The maximum absolute atomic E-state index is 11.2. The van der Waals surface area contributed by atoms with Crippen LogP contribution in [0, 0.1) is 39.5 Å². The first-order valence-corrected chi connectivity index (χ1v) is 7.89. The fourth-order valence-corrected chi connectivity index (χ4v) is 3.05. The fourth-order valence-electron chi connectivity index (χ4n) is 3.05. The summed E-state index contributed by atoms with van der Waals surface area (Å²) in [5, 5.41) is 36.4. The van der Waals surface area contributed by atoms with Crippen LogP contribution in [0.2, 0.25) is 0 Å². The highest BCUT2D eigenvalue weighted by Gasteiger charge is 2.31. The van der Waals surface area contributed by atoms with E-state index in [-0.39, 0.29) is 12.8 Å². The van der Waals surface area contributed by atoms with Crippen molar-refractivity contribution in [1.29, 1.82) is 0 Å². The molecule has 0 amide bonds.